The van der Waals surface area contributed by atoms with E-state index in [1.54, 1.807) is 11.0 Å². The van der Waals surface area contributed by atoms with Crippen LogP contribution in [0.3, 0.4) is 0 Å². The summed E-state index contributed by atoms with van der Waals surface area (Å²) in [6, 6.07) is 0. The Bertz CT molecular complexity index is 368. The summed E-state index contributed by atoms with van der Waals surface area (Å²) in [5.41, 5.74) is 4.76. The number of hydrogen-bond acceptors (Lipinski definition) is 4. The Morgan fingerprint density at radius 1 is 1.35 bits per heavy atom. The van der Waals surface area contributed by atoms with E-state index in [4.69, 9.17) is 10.8 Å². The lowest BCUT2D eigenvalue weighted by Gasteiger charge is -2.20. The van der Waals surface area contributed by atoms with Gasteiger partial charge in [0.2, 0.25) is 11.8 Å². The van der Waals surface area contributed by atoms with Crippen molar-refractivity contribution in [1.82, 2.24) is 10.2 Å². The molecular weight excluding hydrogens is 294 g/mol. The van der Waals surface area contributed by atoms with Crippen LogP contribution < -0.4 is 11.1 Å². The highest BCUT2D eigenvalue weighted by Crippen LogP contribution is 2.44. The average molecular weight is 327 g/mol. The number of amides is 2. The first-order valence-electron chi connectivity index (χ1n) is 8.44. The quantitative estimate of drug-likeness (QED) is 0.523. The molecule has 1 rings (SSSR count). The van der Waals surface area contributed by atoms with Gasteiger partial charge in [-0.1, -0.05) is 19.9 Å². The third-order valence-electron chi connectivity index (χ3n) is 3.71. The van der Waals surface area contributed by atoms with Crippen LogP contribution in [0, 0.1) is 5.41 Å². The van der Waals surface area contributed by atoms with Crippen molar-refractivity contribution in [1.29, 1.82) is 0 Å². The second kappa shape index (κ2) is 12.1. The minimum Gasteiger partial charge on any atom is -0.396 e. The number of carbonyl (C=O) groups is 2. The van der Waals surface area contributed by atoms with E-state index in [1.165, 1.54) is 0 Å². The minimum atomic E-state index is -0.117. The number of carbonyl (C=O) groups excluding carboxylic acids is 2. The van der Waals surface area contributed by atoms with Crippen LogP contribution in [0.2, 0.25) is 0 Å². The van der Waals surface area contributed by atoms with Crippen LogP contribution in [-0.4, -0.2) is 54.6 Å². The summed E-state index contributed by atoms with van der Waals surface area (Å²) < 4.78 is 0. The van der Waals surface area contributed by atoms with Crippen LogP contribution in [0.5, 0.6) is 0 Å². The van der Waals surface area contributed by atoms with Crippen LogP contribution in [0.25, 0.3) is 0 Å². The number of rotatable bonds is 10. The molecule has 0 aromatic heterocycles. The fraction of sp³-hybridized carbons (Fsp3) is 0.765. The molecule has 0 unspecified atom stereocenters. The zero-order chi connectivity index (χ0) is 17.7. The topological polar surface area (TPSA) is 95.7 Å². The predicted octanol–water partition coefficient (Wildman–Crippen LogP) is 1.04. The first-order chi connectivity index (χ1) is 11.0. The Labute approximate surface area is 140 Å². The van der Waals surface area contributed by atoms with Gasteiger partial charge in [0.15, 0.2) is 0 Å². The molecule has 4 N–H and O–H groups in total. The van der Waals surface area contributed by atoms with Crippen molar-refractivity contribution in [3.8, 4) is 0 Å². The van der Waals surface area contributed by atoms with Crippen molar-refractivity contribution >= 4 is 11.8 Å². The van der Waals surface area contributed by atoms with Crippen molar-refractivity contribution in [3.05, 3.63) is 12.7 Å². The van der Waals surface area contributed by atoms with E-state index in [-0.39, 0.29) is 36.7 Å². The highest BCUT2D eigenvalue weighted by molar-refractivity contribution is 5.83. The molecule has 0 heterocycles. The Balaban J connectivity index is 0.00000149. The van der Waals surface area contributed by atoms with Gasteiger partial charge in [-0.25, -0.2) is 0 Å². The number of nitrogens with one attached hydrogen (secondary N) is 1. The lowest BCUT2D eigenvalue weighted by molar-refractivity contribution is -0.133. The molecule has 0 aromatic rings. The smallest absolute Gasteiger partial charge is 0.223 e. The third-order valence-corrected chi connectivity index (χ3v) is 3.71. The molecule has 134 valence electrons. The highest BCUT2D eigenvalue weighted by Gasteiger charge is 2.41. The molecule has 0 aromatic carbocycles. The van der Waals surface area contributed by atoms with Gasteiger partial charge in [-0.2, -0.15) is 0 Å². The Morgan fingerprint density at radius 2 is 1.96 bits per heavy atom. The van der Waals surface area contributed by atoms with Crippen LogP contribution in [0.15, 0.2) is 12.7 Å². The van der Waals surface area contributed by atoms with Gasteiger partial charge in [0.25, 0.3) is 0 Å². The predicted molar refractivity (Wildman–Crippen MR) is 92.8 cm³/mol. The zero-order valence-electron chi connectivity index (χ0n) is 14.6. The lowest BCUT2D eigenvalue weighted by atomic mass is 10.1. The maximum atomic E-state index is 12.0. The molecular formula is C17H33N3O3. The fourth-order valence-electron chi connectivity index (χ4n) is 2.06. The first kappa shape index (κ1) is 21.6. The summed E-state index contributed by atoms with van der Waals surface area (Å²) in [5, 5.41) is 12.0. The highest BCUT2D eigenvalue weighted by atomic mass is 16.3. The van der Waals surface area contributed by atoms with Crippen molar-refractivity contribution in [2.45, 2.75) is 46.0 Å². The van der Waals surface area contributed by atoms with Crippen molar-refractivity contribution < 1.29 is 14.7 Å². The summed E-state index contributed by atoms with van der Waals surface area (Å²) >= 11 is 0. The largest absolute Gasteiger partial charge is 0.396 e. The van der Waals surface area contributed by atoms with Gasteiger partial charge < -0.3 is 21.1 Å². The SMILES string of the molecule is C=CCN(CCC)C(=O)CCC(=O)NCC1(CO)CC1.CCN. The number of nitrogens with two attached hydrogens (primary N) is 1. The fourth-order valence-corrected chi connectivity index (χ4v) is 2.06. The monoisotopic (exact) mass is 327 g/mol. The molecule has 23 heavy (non-hydrogen) atoms. The summed E-state index contributed by atoms with van der Waals surface area (Å²) in [6.07, 6.45) is 4.96. The van der Waals surface area contributed by atoms with Gasteiger partial charge in [0.1, 0.15) is 0 Å². The molecule has 6 nitrogen and oxygen atoms in total. The van der Waals surface area contributed by atoms with Gasteiger partial charge in [-0.15, -0.1) is 6.58 Å². The molecule has 1 fully saturated rings. The Hall–Kier alpha value is -1.40. The van der Waals surface area contributed by atoms with Crippen LogP contribution in [0.4, 0.5) is 0 Å². The van der Waals surface area contributed by atoms with Crippen LogP contribution in [0.1, 0.15) is 46.0 Å². The number of hydrogen-bond donors (Lipinski definition) is 3. The van der Waals surface area contributed by atoms with Gasteiger partial charge in [-0.05, 0) is 25.8 Å². The van der Waals surface area contributed by atoms with E-state index in [0.717, 1.165) is 25.8 Å². The normalized spacial score (nSPS) is 14.3. The van der Waals surface area contributed by atoms with Crippen LogP contribution in [-0.2, 0) is 9.59 Å². The minimum absolute atomic E-state index is 0.00908. The molecule has 0 saturated heterocycles. The number of aliphatic hydroxyl groups is 1. The summed E-state index contributed by atoms with van der Waals surface area (Å²) in [7, 11) is 0. The molecule has 2 amide bonds. The molecule has 1 aliphatic rings. The van der Waals surface area contributed by atoms with E-state index >= 15 is 0 Å². The lowest BCUT2D eigenvalue weighted by Crippen LogP contribution is -2.35. The summed E-state index contributed by atoms with van der Waals surface area (Å²) in [5.74, 6) is -0.127. The molecule has 6 heteroatoms. The molecule has 0 aliphatic heterocycles. The van der Waals surface area contributed by atoms with E-state index < -0.39 is 0 Å². The molecule has 0 radical (unpaired) electrons. The van der Waals surface area contributed by atoms with Crippen molar-refractivity contribution in [3.63, 3.8) is 0 Å². The van der Waals surface area contributed by atoms with Gasteiger partial charge >= 0.3 is 0 Å². The van der Waals surface area contributed by atoms with Gasteiger partial charge in [0.05, 0.1) is 6.61 Å². The van der Waals surface area contributed by atoms with E-state index in [9.17, 15) is 9.59 Å². The molecule has 0 atom stereocenters. The molecule has 0 spiro atoms. The van der Waals surface area contributed by atoms with Crippen molar-refractivity contribution in [2.24, 2.45) is 11.1 Å². The maximum absolute atomic E-state index is 12.0. The van der Waals surface area contributed by atoms with Crippen molar-refractivity contribution in [2.75, 3.05) is 32.8 Å². The first-order valence-corrected chi connectivity index (χ1v) is 8.44. The van der Waals surface area contributed by atoms with Gasteiger partial charge in [-0.3, -0.25) is 9.59 Å². The second-order valence-electron chi connectivity index (χ2n) is 5.97. The van der Waals surface area contributed by atoms with E-state index in [0.29, 0.717) is 19.6 Å². The molecule has 1 aliphatic carbocycles. The Morgan fingerprint density at radius 3 is 2.39 bits per heavy atom. The summed E-state index contributed by atoms with van der Waals surface area (Å²) in [4.78, 5) is 25.4. The maximum Gasteiger partial charge on any atom is 0.223 e. The second-order valence-corrected chi connectivity index (χ2v) is 5.97. The summed E-state index contributed by atoms with van der Waals surface area (Å²) in [6.45, 7) is 10.2. The number of aliphatic hydroxyl groups excluding tert-OH is 1. The molecule has 1 saturated carbocycles. The van der Waals surface area contributed by atoms with E-state index in [1.807, 2.05) is 13.8 Å². The van der Waals surface area contributed by atoms with Gasteiger partial charge in [0, 0.05) is 37.9 Å². The Kier molecular flexibility index (Phi) is 11.3. The number of nitrogens with zero attached hydrogens (tertiary/aromatic N) is 1. The van der Waals surface area contributed by atoms with E-state index in [2.05, 4.69) is 11.9 Å². The van der Waals surface area contributed by atoms with Crippen LogP contribution >= 0.6 is 0 Å². The molecule has 0 bridgehead atoms. The standard InChI is InChI=1S/C15H26N2O3.C2H7N/c1-3-9-17(10-4-2)14(20)6-5-13(19)16-11-15(12-18)7-8-15;1-2-3/h3,18H,1,4-12H2,2H3,(H,16,19);2-3H2,1H3. The zero-order valence-corrected chi connectivity index (χ0v) is 14.6. The third kappa shape index (κ3) is 9.36. The average Bonchev–Trinajstić information content (AvgIpc) is 3.32.